The fourth-order valence-corrected chi connectivity index (χ4v) is 4.62. The number of carboxylic acid groups (broad SMARTS) is 1. The van der Waals surface area contributed by atoms with Crippen LogP contribution in [-0.2, 0) is 9.59 Å². The van der Waals surface area contributed by atoms with Gasteiger partial charge in [0, 0.05) is 18.8 Å². The summed E-state index contributed by atoms with van der Waals surface area (Å²) in [5.74, 6) is -0.575. The van der Waals surface area contributed by atoms with E-state index in [-0.39, 0.29) is 30.8 Å². The van der Waals surface area contributed by atoms with Crippen molar-refractivity contribution in [2.45, 2.75) is 40.0 Å². The normalized spacial score (nSPS) is 25.3. The lowest BCUT2D eigenvalue weighted by Crippen LogP contribution is -2.37. The van der Waals surface area contributed by atoms with Crippen LogP contribution in [0.2, 0.25) is 0 Å². The molecular formula is C19H27ClN2O3. The fraction of sp³-hybridized carbons (Fsp3) is 0.579. The van der Waals surface area contributed by atoms with Gasteiger partial charge in [-0.3, -0.25) is 14.5 Å². The maximum atomic E-state index is 12.5. The Labute approximate surface area is 155 Å². The average molecular weight is 367 g/mol. The van der Waals surface area contributed by atoms with Crippen LogP contribution in [0.4, 0.5) is 5.69 Å². The minimum Gasteiger partial charge on any atom is -0.481 e. The number of carbonyl (C=O) groups is 2. The molecule has 1 amide bonds. The molecule has 2 fully saturated rings. The van der Waals surface area contributed by atoms with Crippen LogP contribution >= 0.6 is 12.4 Å². The Balaban J connectivity index is 0.00000225. The molecule has 1 aliphatic heterocycles. The molecule has 0 aromatic heterocycles. The molecule has 1 saturated heterocycles. The third-order valence-corrected chi connectivity index (χ3v) is 5.68. The van der Waals surface area contributed by atoms with Gasteiger partial charge in [-0.25, -0.2) is 0 Å². The predicted molar refractivity (Wildman–Crippen MR) is 100 cm³/mol. The van der Waals surface area contributed by atoms with Gasteiger partial charge >= 0.3 is 5.97 Å². The molecule has 2 aliphatic rings. The summed E-state index contributed by atoms with van der Waals surface area (Å²) in [5, 5.41) is 12.6. The molecular weight excluding hydrogens is 340 g/mol. The number of carboxylic acids is 1. The number of fused-ring (bicyclic) bond motifs is 1. The summed E-state index contributed by atoms with van der Waals surface area (Å²) in [6.45, 7) is 7.50. The van der Waals surface area contributed by atoms with E-state index >= 15 is 0 Å². The molecule has 3 rings (SSSR count). The number of rotatable bonds is 4. The zero-order chi connectivity index (χ0) is 17.5. The third-order valence-electron chi connectivity index (χ3n) is 5.68. The lowest BCUT2D eigenvalue weighted by Gasteiger charge is -2.23. The first-order valence-corrected chi connectivity index (χ1v) is 8.65. The Morgan fingerprint density at radius 1 is 1.28 bits per heavy atom. The van der Waals surface area contributed by atoms with Crippen molar-refractivity contribution in [1.82, 2.24) is 4.90 Å². The fourth-order valence-electron chi connectivity index (χ4n) is 4.62. The van der Waals surface area contributed by atoms with Crippen LogP contribution in [0, 0.1) is 32.1 Å². The van der Waals surface area contributed by atoms with Gasteiger partial charge in [0.1, 0.15) is 0 Å². The lowest BCUT2D eigenvalue weighted by atomic mass is 9.81. The second kappa shape index (κ2) is 7.34. The number of carbonyl (C=O) groups excluding carboxylic acids is 1. The first-order chi connectivity index (χ1) is 11.3. The number of hydrogen-bond acceptors (Lipinski definition) is 3. The number of anilines is 1. The zero-order valence-electron chi connectivity index (χ0n) is 15.1. The predicted octanol–water partition coefficient (Wildman–Crippen LogP) is 3.16. The van der Waals surface area contributed by atoms with E-state index in [4.69, 9.17) is 0 Å². The molecule has 5 nitrogen and oxygen atoms in total. The minimum atomic E-state index is -0.696. The molecule has 25 heavy (non-hydrogen) atoms. The van der Waals surface area contributed by atoms with Crippen LogP contribution < -0.4 is 5.32 Å². The highest BCUT2D eigenvalue weighted by atomic mass is 35.5. The second-order valence-corrected chi connectivity index (χ2v) is 7.54. The van der Waals surface area contributed by atoms with Gasteiger partial charge in [-0.2, -0.15) is 0 Å². The maximum Gasteiger partial charge on any atom is 0.311 e. The van der Waals surface area contributed by atoms with Gasteiger partial charge in [0.05, 0.1) is 12.0 Å². The average Bonchev–Trinajstić information content (AvgIpc) is 3.00. The first-order valence-electron chi connectivity index (χ1n) is 8.65. The molecule has 0 unspecified atom stereocenters. The minimum absolute atomic E-state index is 0. The molecule has 2 N–H and O–H groups in total. The Kier molecular flexibility index (Phi) is 5.79. The van der Waals surface area contributed by atoms with Gasteiger partial charge in [0.25, 0.3) is 0 Å². The molecule has 1 aliphatic carbocycles. The van der Waals surface area contributed by atoms with Gasteiger partial charge in [0.2, 0.25) is 5.91 Å². The van der Waals surface area contributed by atoms with Crippen LogP contribution in [0.15, 0.2) is 12.1 Å². The Hall–Kier alpha value is -1.59. The van der Waals surface area contributed by atoms with Crippen LogP contribution in [0.25, 0.3) is 0 Å². The Morgan fingerprint density at radius 3 is 2.48 bits per heavy atom. The van der Waals surface area contributed by atoms with E-state index in [2.05, 4.69) is 17.4 Å². The third kappa shape index (κ3) is 3.67. The van der Waals surface area contributed by atoms with Crippen LogP contribution in [0.1, 0.15) is 36.0 Å². The highest BCUT2D eigenvalue weighted by molar-refractivity contribution is 5.94. The number of hydrogen-bond donors (Lipinski definition) is 2. The largest absolute Gasteiger partial charge is 0.481 e. The van der Waals surface area contributed by atoms with Crippen molar-refractivity contribution >= 4 is 30.0 Å². The van der Waals surface area contributed by atoms with Crippen molar-refractivity contribution in [3.8, 4) is 0 Å². The molecule has 0 radical (unpaired) electrons. The van der Waals surface area contributed by atoms with Gasteiger partial charge < -0.3 is 10.4 Å². The van der Waals surface area contributed by atoms with Crippen LogP contribution in [-0.4, -0.2) is 41.5 Å². The maximum absolute atomic E-state index is 12.5. The summed E-state index contributed by atoms with van der Waals surface area (Å²) in [4.78, 5) is 26.2. The molecule has 2 atom stereocenters. The second-order valence-electron chi connectivity index (χ2n) is 7.54. The van der Waals surface area contributed by atoms with E-state index < -0.39 is 11.4 Å². The number of nitrogens with one attached hydrogen (secondary N) is 1. The van der Waals surface area contributed by atoms with E-state index in [0.29, 0.717) is 13.1 Å². The first kappa shape index (κ1) is 19.7. The number of halogens is 1. The van der Waals surface area contributed by atoms with E-state index in [9.17, 15) is 14.7 Å². The number of aliphatic carboxylic acids is 1. The molecule has 6 heteroatoms. The number of benzene rings is 1. The monoisotopic (exact) mass is 366 g/mol. The highest BCUT2D eigenvalue weighted by Gasteiger charge is 2.54. The van der Waals surface area contributed by atoms with E-state index in [0.717, 1.165) is 36.1 Å². The number of aryl methyl sites for hydroxylation is 3. The molecule has 1 saturated carbocycles. The van der Waals surface area contributed by atoms with Crippen LogP contribution in [0.5, 0.6) is 0 Å². The summed E-state index contributed by atoms with van der Waals surface area (Å²) in [5.41, 5.74) is 3.54. The van der Waals surface area contributed by atoms with Gasteiger partial charge in [-0.15, -0.1) is 12.4 Å². The smallest absolute Gasteiger partial charge is 0.311 e. The Morgan fingerprint density at radius 2 is 1.92 bits per heavy atom. The van der Waals surface area contributed by atoms with Crippen molar-refractivity contribution in [2.75, 3.05) is 25.0 Å². The van der Waals surface area contributed by atoms with Crippen molar-refractivity contribution < 1.29 is 14.7 Å². The van der Waals surface area contributed by atoms with Crippen LogP contribution in [0.3, 0.4) is 0 Å². The molecule has 138 valence electrons. The summed E-state index contributed by atoms with van der Waals surface area (Å²) >= 11 is 0. The summed E-state index contributed by atoms with van der Waals surface area (Å²) < 4.78 is 0. The zero-order valence-corrected chi connectivity index (χ0v) is 15.9. The standard InChI is InChI=1S/C19H26N2O3.ClH/c1-12-7-13(2)17(14(3)8-12)20-16(22)10-21-9-15-5-4-6-19(15,11-21)18(23)24;/h7-8,15H,4-6,9-11H2,1-3H3,(H,20,22)(H,23,24);1H/t15-,19+;/m0./s1. The van der Waals surface area contributed by atoms with Crippen molar-refractivity contribution in [3.63, 3.8) is 0 Å². The van der Waals surface area contributed by atoms with Crippen molar-refractivity contribution in [3.05, 3.63) is 28.8 Å². The Bertz CT molecular complexity index is 668. The summed E-state index contributed by atoms with van der Waals surface area (Å²) in [6, 6.07) is 4.12. The van der Waals surface area contributed by atoms with E-state index in [1.165, 1.54) is 5.56 Å². The molecule has 1 aromatic rings. The molecule has 1 heterocycles. The van der Waals surface area contributed by atoms with Gasteiger partial charge in [0.15, 0.2) is 0 Å². The molecule has 0 bridgehead atoms. The highest BCUT2D eigenvalue weighted by Crippen LogP contribution is 2.48. The molecule has 1 aromatic carbocycles. The quantitative estimate of drug-likeness (QED) is 0.858. The lowest BCUT2D eigenvalue weighted by molar-refractivity contribution is -0.149. The summed E-state index contributed by atoms with van der Waals surface area (Å²) in [7, 11) is 0. The van der Waals surface area contributed by atoms with Crippen molar-refractivity contribution in [2.24, 2.45) is 11.3 Å². The van der Waals surface area contributed by atoms with Crippen molar-refractivity contribution in [1.29, 1.82) is 0 Å². The number of likely N-dealkylation sites (tertiary alicyclic amines) is 1. The number of amides is 1. The molecule has 0 spiro atoms. The summed E-state index contributed by atoms with van der Waals surface area (Å²) in [6.07, 6.45) is 2.68. The van der Waals surface area contributed by atoms with Gasteiger partial charge in [-0.1, -0.05) is 24.1 Å². The van der Waals surface area contributed by atoms with E-state index in [1.54, 1.807) is 0 Å². The SMILES string of the molecule is Cc1cc(C)c(NC(=O)CN2C[C@@H]3CCC[C@@]3(C(=O)O)C2)c(C)c1.Cl. The van der Waals surface area contributed by atoms with Gasteiger partial charge in [-0.05, 0) is 50.7 Å². The number of nitrogens with zero attached hydrogens (tertiary/aromatic N) is 1. The van der Waals surface area contributed by atoms with E-state index in [1.807, 2.05) is 25.7 Å². The topological polar surface area (TPSA) is 69.6 Å².